The van der Waals surface area contributed by atoms with E-state index in [0.717, 1.165) is 45.7 Å². The Bertz CT molecular complexity index is 228. The molecule has 0 aromatic heterocycles. The van der Waals surface area contributed by atoms with Crippen LogP contribution in [0.25, 0.3) is 0 Å². The van der Waals surface area contributed by atoms with Crippen LogP contribution in [0.2, 0.25) is 0 Å². The fraction of sp³-hybridized carbons (Fsp3) is 0.917. The highest BCUT2D eigenvalue weighted by Gasteiger charge is 2.24. The lowest BCUT2D eigenvalue weighted by Gasteiger charge is -2.37. The van der Waals surface area contributed by atoms with E-state index in [-0.39, 0.29) is 18.6 Å². The van der Waals surface area contributed by atoms with Crippen molar-refractivity contribution >= 4 is 5.91 Å². The molecule has 5 nitrogen and oxygen atoms in total. The Morgan fingerprint density at radius 2 is 2.00 bits per heavy atom. The van der Waals surface area contributed by atoms with Gasteiger partial charge in [0.1, 0.15) is 0 Å². The lowest BCUT2D eigenvalue weighted by Crippen LogP contribution is -2.54. The maximum atomic E-state index is 11.8. The number of nitrogens with one attached hydrogen (secondary N) is 1. The third kappa shape index (κ3) is 4.61. The van der Waals surface area contributed by atoms with Gasteiger partial charge in [-0.3, -0.25) is 14.6 Å². The summed E-state index contributed by atoms with van der Waals surface area (Å²) >= 11 is 0. The monoisotopic (exact) mass is 243 g/mol. The molecule has 0 aromatic rings. The lowest BCUT2D eigenvalue weighted by molar-refractivity contribution is -0.126. The molecule has 17 heavy (non-hydrogen) atoms. The Morgan fingerprint density at radius 3 is 2.53 bits per heavy atom. The number of rotatable bonds is 6. The minimum Gasteiger partial charge on any atom is -0.395 e. The molecule has 0 aliphatic carbocycles. The van der Waals surface area contributed by atoms with Gasteiger partial charge in [0.05, 0.1) is 12.6 Å². The molecule has 1 atom stereocenters. The van der Waals surface area contributed by atoms with Crippen molar-refractivity contribution in [2.45, 2.75) is 26.3 Å². The van der Waals surface area contributed by atoms with Gasteiger partial charge < -0.3 is 10.4 Å². The molecular formula is C12H25N3O2. The zero-order valence-corrected chi connectivity index (χ0v) is 11.0. The van der Waals surface area contributed by atoms with Gasteiger partial charge in [-0.1, -0.05) is 6.92 Å². The molecule has 0 radical (unpaired) electrons. The second kappa shape index (κ2) is 7.63. The van der Waals surface area contributed by atoms with Gasteiger partial charge >= 0.3 is 0 Å². The van der Waals surface area contributed by atoms with E-state index in [1.807, 2.05) is 6.92 Å². The van der Waals surface area contributed by atoms with Crippen LogP contribution in [-0.4, -0.2) is 72.7 Å². The maximum Gasteiger partial charge on any atom is 0.237 e. The first kappa shape index (κ1) is 14.4. The van der Waals surface area contributed by atoms with Crippen LogP contribution in [0.3, 0.4) is 0 Å². The number of piperazine rings is 1. The predicted molar refractivity (Wildman–Crippen MR) is 67.9 cm³/mol. The van der Waals surface area contributed by atoms with E-state index in [1.165, 1.54) is 0 Å². The molecule has 1 unspecified atom stereocenters. The van der Waals surface area contributed by atoms with Crippen LogP contribution in [-0.2, 0) is 4.79 Å². The highest BCUT2D eigenvalue weighted by molar-refractivity contribution is 5.81. The highest BCUT2D eigenvalue weighted by Crippen LogP contribution is 2.06. The summed E-state index contributed by atoms with van der Waals surface area (Å²) in [6, 6.07) is -0.0437. The van der Waals surface area contributed by atoms with Gasteiger partial charge in [-0.05, 0) is 13.3 Å². The van der Waals surface area contributed by atoms with Crippen molar-refractivity contribution in [1.82, 2.24) is 15.1 Å². The second-order valence-corrected chi connectivity index (χ2v) is 4.57. The van der Waals surface area contributed by atoms with E-state index >= 15 is 0 Å². The second-order valence-electron chi connectivity index (χ2n) is 4.57. The molecule has 0 spiro atoms. The smallest absolute Gasteiger partial charge is 0.237 e. The van der Waals surface area contributed by atoms with E-state index in [9.17, 15) is 4.79 Å². The first-order chi connectivity index (χ1) is 8.19. The minimum atomic E-state index is -0.0437. The molecule has 1 amide bonds. The van der Waals surface area contributed by atoms with Crippen molar-refractivity contribution in [3.8, 4) is 0 Å². The van der Waals surface area contributed by atoms with E-state index in [0.29, 0.717) is 0 Å². The fourth-order valence-corrected chi connectivity index (χ4v) is 2.08. The van der Waals surface area contributed by atoms with Crippen LogP contribution >= 0.6 is 0 Å². The summed E-state index contributed by atoms with van der Waals surface area (Å²) in [5, 5.41) is 11.8. The van der Waals surface area contributed by atoms with Gasteiger partial charge in [-0.25, -0.2) is 0 Å². The van der Waals surface area contributed by atoms with Gasteiger partial charge in [0.25, 0.3) is 0 Å². The summed E-state index contributed by atoms with van der Waals surface area (Å²) < 4.78 is 0. The largest absolute Gasteiger partial charge is 0.395 e. The SMILES string of the molecule is CCCNC(=O)C(C)N1CCN(CCO)CC1. The molecule has 1 rings (SSSR count). The number of amides is 1. The summed E-state index contributed by atoms with van der Waals surface area (Å²) in [5.74, 6) is 0.127. The summed E-state index contributed by atoms with van der Waals surface area (Å²) in [6.07, 6.45) is 0.975. The molecular weight excluding hydrogens is 218 g/mol. The average Bonchev–Trinajstić information content (AvgIpc) is 2.36. The summed E-state index contributed by atoms with van der Waals surface area (Å²) in [4.78, 5) is 16.2. The fourth-order valence-electron chi connectivity index (χ4n) is 2.08. The molecule has 5 heteroatoms. The number of aliphatic hydroxyl groups excluding tert-OH is 1. The van der Waals surface area contributed by atoms with Gasteiger partial charge in [0, 0.05) is 39.3 Å². The standard InChI is InChI=1S/C12H25N3O2/c1-3-4-13-12(17)11(2)15-7-5-14(6-8-15)9-10-16/h11,16H,3-10H2,1-2H3,(H,13,17). The molecule has 0 bridgehead atoms. The first-order valence-corrected chi connectivity index (χ1v) is 6.54. The highest BCUT2D eigenvalue weighted by atomic mass is 16.3. The van der Waals surface area contributed by atoms with Gasteiger partial charge in [0.15, 0.2) is 0 Å². The number of hydrogen-bond donors (Lipinski definition) is 2. The topological polar surface area (TPSA) is 55.8 Å². The van der Waals surface area contributed by atoms with Crippen molar-refractivity contribution < 1.29 is 9.90 Å². The average molecular weight is 243 g/mol. The molecule has 100 valence electrons. The Balaban J connectivity index is 2.29. The van der Waals surface area contributed by atoms with Crippen molar-refractivity contribution in [3.05, 3.63) is 0 Å². The van der Waals surface area contributed by atoms with Crippen LogP contribution in [0.15, 0.2) is 0 Å². The van der Waals surface area contributed by atoms with E-state index in [4.69, 9.17) is 5.11 Å². The molecule has 2 N–H and O–H groups in total. The molecule has 1 saturated heterocycles. The van der Waals surface area contributed by atoms with Crippen LogP contribution in [0, 0.1) is 0 Å². The summed E-state index contributed by atoms with van der Waals surface area (Å²) in [5.41, 5.74) is 0. The summed E-state index contributed by atoms with van der Waals surface area (Å²) in [6.45, 7) is 9.41. The quantitative estimate of drug-likeness (QED) is 0.661. The number of hydrogen-bond acceptors (Lipinski definition) is 4. The minimum absolute atomic E-state index is 0.0437. The van der Waals surface area contributed by atoms with Crippen LogP contribution in [0.1, 0.15) is 20.3 Å². The number of carbonyl (C=O) groups is 1. The first-order valence-electron chi connectivity index (χ1n) is 6.54. The number of nitrogens with zero attached hydrogens (tertiary/aromatic N) is 2. The zero-order chi connectivity index (χ0) is 12.7. The zero-order valence-electron chi connectivity index (χ0n) is 11.0. The normalized spacial score (nSPS) is 20.2. The van der Waals surface area contributed by atoms with Crippen molar-refractivity contribution in [2.24, 2.45) is 0 Å². The summed E-state index contributed by atoms with van der Waals surface area (Å²) in [7, 11) is 0. The Morgan fingerprint density at radius 1 is 1.35 bits per heavy atom. The number of β-amino-alcohol motifs (C(OH)–C–C–N with tert-alkyl or cyclic N) is 1. The molecule has 0 saturated carbocycles. The van der Waals surface area contributed by atoms with Crippen LogP contribution in [0.5, 0.6) is 0 Å². The van der Waals surface area contributed by atoms with Gasteiger partial charge in [-0.15, -0.1) is 0 Å². The van der Waals surface area contributed by atoms with Crippen LogP contribution < -0.4 is 5.32 Å². The molecule has 0 aromatic carbocycles. The maximum absolute atomic E-state index is 11.8. The number of aliphatic hydroxyl groups is 1. The molecule has 1 heterocycles. The lowest BCUT2D eigenvalue weighted by atomic mass is 10.2. The Labute approximate surface area is 104 Å². The number of carbonyl (C=O) groups excluding carboxylic acids is 1. The van der Waals surface area contributed by atoms with E-state index in [1.54, 1.807) is 0 Å². The van der Waals surface area contributed by atoms with E-state index < -0.39 is 0 Å². The Hall–Kier alpha value is -0.650. The third-order valence-electron chi connectivity index (χ3n) is 3.30. The van der Waals surface area contributed by atoms with Crippen molar-refractivity contribution in [1.29, 1.82) is 0 Å². The van der Waals surface area contributed by atoms with Crippen molar-refractivity contribution in [3.63, 3.8) is 0 Å². The molecule has 1 aliphatic heterocycles. The van der Waals surface area contributed by atoms with Gasteiger partial charge in [-0.2, -0.15) is 0 Å². The van der Waals surface area contributed by atoms with Crippen molar-refractivity contribution in [2.75, 3.05) is 45.9 Å². The van der Waals surface area contributed by atoms with Crippen LogP contribution in [0.4, 0.5) is 0 Å². The molecule has 1 fully saturated rings. The Kier molecular flexibility index (Phi) is 6.47. The van der Waals surface area contributed by atoms with Gasteiger partial charge in [0.2, 0.25) is 5.91 Å². The molecule has 1 aliphatic rings. The van der Waals surface area contributed by atoms with E-state index in [2.05, 4.69) is 22.0 Å². The predicted octanol–water partition coefficient (Wildman–Crippen LogP) is -0.489. The third-order valence-corrected chi connectivity index (χ3v) is 3.30.